The maximum absolute atomic E-state index is 10.3. The van der Waals surface area contributed by atoms with Gasteiger partial charge in [0.25, 0.3) is 0 Å². The molecule has 0 atom stereocenters. The van der Waals surface area contributed by atoms with Gasteiger partial charge >= 0.3 is 5.97 Å². The van der Waals surface area contributed by atoms with Gasteiger partial charge in [-0.1, -0.05) is 70.4 Å². The van der Waals surface area contributed by atoms with Crippen molar-refractivity contribution in [1.82, 2.24) is 0 Å². The second kappa shape index (κ2) is 31.0. The Morgan fingerprint density at radius 3 is 1.31 bits per heavy atom. The van der Waals surface area contributed by atoms with E-state index in [9.17, 15) is 4.79 Å². The van der Waals surface area contributed by atoms with E-state index in [4.69, 9.17) is 40.9 Å². The number of aliphatic carboxylic acids is 1. The van der Waals surface area contributed by atoms with Crippen molar-refractivity contribution < 1.29 is 45.6 Å². The summed E-state index contributed by atoms with van der Waals surface area (Å²) in [5, 5.41) is 66.5. The molecule has 0 radical (unpaired) electrons. The number of carboxylic acid groups (broad SMARTS) is 1. The minimum Gasteiger partial charge on any atom is -0.481 e. The molecule has 0 fully saturated rings. The average molecular weight is 511 g/mol. The van der Waals surface area contributed by atoms with Crippen LogP contribution in [0.5, 0.6) is 0 Å². The van der Waals surface area contributed by atoms with Gasteiger partial charge in [0, 0.05) is 6.42 Å². The lowest BCUT2D eigenvalue weighted by Crippen LogP contribution is -2.37. The quantitative estimate of drug-likeness (QED) is 0.0850. The van der Waals surface area contributed by atoms with E-state index < -0.39 is 43.9 Å². The van der Waals surface area contributed by atoms with Crippen LogP contribution in [0.25, 0.3) is 0 Å². The van der Waals surface area contributed by atoms with Crippen LogP contribution in [0.3, 0.4) is 0 Å². The van der Waals surface area contributed by atoms with E-state index in [1.807, 2.05) is 0 Å². The molecule has 0 aromatic rings. The molecule has 0 aliphatic carbocycles. The largest absolute Gasteiger partial charge is 0.481 e. The van der Waals surface area contributed by atoms with Crippen LogP contribution < -0.4 is 0 Å². The van der Waals surface area contributed by atoms with Crippen LogP contribution in [-0.2, 0) is 4.79 Å². The Morgan fingerprint density at radius 1 is 0.657 bits per heavy atom. The Hall–Kier alpha value is -1.07. The summed E-state index contributed by atoms with van der Waals surface area (Å²) >= 11 is 0. The number of rotatable bonds is 21. The molecular formula is C26H54O9. The van der Waals surface area contributed by atoms with Gasteiger partial charge in [-0.15, -0.1) is 0 Å². The van der Waals surface area contributed by atoms with Gasteiger partial charge in [0.1, 0.15) is 6.10 Å². The molecule has 9 nitrogen and oxygen atoms in total. The lowest BCUT2D eigenvalue weighted by Gasteiger charge is -2.23. The van der Waals surface area contributed by atoms with Gasteiger partial charge < -0.3 is 40.9 Å². The number of carboxylic acids is 1. The minimum atomic E-state index is -1.11. The van der Waals surface area contributed by atoms with Crippen LogP contribution in [0.2, 0.25) is 0 Å². The van der Waals surface area contributed by atoms with Crippen LogP contribution in [0, 0.1) is 5.41 Å². The average Bonchev–Trinajstić information content (AvgIpc) is 2.88. The number of allylic oxidation sites excluding steroid dienone is 2. The Morgan fingerprint density at radius 2 is 1.03 bits per heavy atom. The van der Waals surface area contributed by atoms with Gasteiger partial charge in [-0.25, -0.2) is 0 Å². The maximum Gasteiger partial charge on any atom is 0.303 e. The number of hydrogen-bond acceptors (Lipinski definition) is 8. The summed E-state index contributed by atoms with van der Waals surface area (Å²) in [5.41, 5.74) is -1.11. The Labute approximate surface area is 212 Å². The lowest BCUT2D eigenvalue weighted by atomic mass is 9.93. The molecule has 0 spiro atoms. The molecule has 212 valence electrons. The Bertz CT molecular complexity index is 419. The number of aliphatic hydroxyl groups is 7. The minimum absolute atomic E-state index is 0.332. The highest BCUT2D eigenvalue weighted by molar-refractivity contribution is 5.66. The molecule has 35 heavy (non-hydrogen) atoms. The predicted octanol–water partition coefficient (Wildman–Crippen LogP) is 2.38. The number of hydrogen-bond donors (Lipinski definition) is 8. The molecule has 0 saturated heterocycles. The van der Waals surface area contributed by atoms with Crippen molar-refractivity contribution in [2.24, 2.45) is 5.41 Å². The summed E-state index contributed by atoms with van der Waals surface area (Å²) in [6.45, 7) is -0.0953. The van der Waals surface area contributed by atoms with Crippen molar-refractivity contribution in [3.63, 3.8) is 0 Å². The highest BCUT2D eigenvalue weighted by Gasteiger charge is 2.26. The molecule has 0 aromatic carbocycles. The summed E-state index contributed by atoms with van der Waals surface area (Å²) in [6, 6.07) is 0. The second-order valence-electron chi connectivity index (χ2n) is 8.88. The molecule has 0 rings (SSSR count). The third-order valence-electron chi connectivity index (χ3n) is 5.42. The normalized spacial score (nSPS) is 11.2. The fourth-order valence-corrected chi connectivity index (χ4v) is 2.70. The first-order valence-corrected chi connectivity index (χ1v) is 13.0. The molecule has 0 aliphatic heterocycles. The zero-order chi connectivity index (χ0) is 27.2. The van der Waals surface area contributed by atoms with E-state index in [2.05, 4.69) is 19.1 Å². The molecule has 8 N–H and O–H groups in total. The van der Waals surface area contributed by atoms with Gasteiger partial charge in [-0.2, -0.15) is 0 Å². The van der Waals surface area contributed by atoms with Crippen molar-refractivity contribution in [1.29, 1.82) is 0 Å². The fraction of sp³-hybridized carbons (Fsp3) is 0.885. The first kappa shape index (κ1) is 38.5. The highest BCUT2D eigenvalue weighted by atomic mass is 16.4. The SMILES string of the molecule is CCCCCCCC/C=C\CCCCCCCC(=O)O.OCC(CO)(CO)CO.OCC(O)CO. The van der Waals surface area contributed by atoms with Gasteiger partial charge in [-0.3, -0.25) is 4.79 Å². The number of unbranched alkanes of at least 4 members (excludes halogenated alkanes) is 11. The zero-order valence-corrected chi connectivity index (χ0v) is 21.9. The molecule has 0 heterocycles. The number of carbonyl (C=O) groups is 1. The summed E-state index contributed by atoms with van der Waals surface area (Å²) in [7, 11) is 0. The fourth-order valence-electron chi connectivity index (χ4n) is 2.70. The summed E-state index contributed by atoms with van der Waals surface area (Å²) in [4.78, 5) is 10.3. The van der Waals surface area contributed by atoms with Gasteiger partial charge in [0.2, 0.25) is 0 Å². The van der Waals surface area contributed by atoms with Crippen molar-refractivity contribution in [2.75, 3.05) is 39.6 Å². The maximum atomic E-state index is 10.3. The first-order chi connectivity index (χ1) is 16.8. The van der Waals surface area contributed by atoms with Crippen LogP contribution in [0.1, 0.15) is 96.8 Å². The van der Waals surface area contributed by atoms with Crippen molar-refractivity contribution in [3.05, 3.63) is 12.2 Å². The third-order valence-corrected chi connectivity index (χ3v) is 5.42. The van der Waals surface area contributed by atoms with E-state index in [-0.39, 0.29) is 13.2 Å². The lowest BCUT2D eigenvalue weighted by molar-refractivity contribution is -0.137. The second-order valence-corrected chi connectivity index (χ2v) is 8.88. The molecule has 9 heteroatoms. The molecule has 0 amide bonds. The zero-order valence-electron chi connectivity index (χ0n) is 21.9. The van der Waals surface area contributed by atoms with Gasteiger partial charge in [0.15, 0.2) is 0 Å². The Balaban J connectivity index is -0.000000559. The molecule has 0 unspecified atom stereocenters. The molecule has 0 saturated carbocycles. The highest BCUT2D eigenvalue weighted by Crippen LogP contribution is 2.12. The van der Waals surface area contributed by atoms with Crippen LogP contribution in [0.4, 0.5) is 0 Å². The monoisotopic (exact) mass is 510 g/mol. The first-order valence-electron chi connectivity index (χ1n) is 13.0. The van der Waals surface area contributed by atoms with Crippen LogP contribution in [-0.4, -0.2) is 92.6 Å². The standard InChI is InChI=1S/C18H34O2.C5H12O4.C3H8O3/c1-2-3-4-5-6-7-8-9-10-11-12-13-14-15-16-17-18(19)20;6-1-5(2-7,3-8)4-9;4-1-3(6)2-5/h9-10H,2-8,11-17H2,1H3,(H,19,20);6-9H,1-4H2;3-6H,1-2H2/b10-9-;;. The van der Waals surface area contributed by atoms with Crippen LogP contribution >= 0.6 is 0 Å². The summed E-state index contributed by atoms with van der Waals surface area (Å²) < 4.78 is 0. The van der Waals surface area contributed by atoms with E-state index in [1.165, 1.54) is 70.6 Å². The summed E-state index contributed by atoms with van der Waals surface area (Å²) in [6.07, 6.45) is 20.3. The van der Waals surface area contributed by atoms with Crippen molar-refractivity contribution in [3.8, 4) is 0 Å². The van der Waals surface area contributed by atoms with Crippen molar-refractivity contribution >= 4 is 5.97 Å². The van der Waals surface area contributed by atoms with E-state index in [0.717, 1.165) is 12.8 Å². The molecule has 0 aromatic heterocycles. The van der Waals surface area contributed by atoms with Gasteiger partial charge in [-0.05, 0) is 32.1 Å². The van der Waals surface area contributed by atoms with E-state index in [0.29, 0.717) is 6.42 Å². The smallest absolute Gasteiger partial charge is 0.303 e. The third kappa shape index (κ3) is 30.9. The van der Waals surface area contributed by atoms with E-state index in [1.54, 1.807) is 0 Å². The summed E-state index contributed by atoms with van der Waals surface area (Å²) in [5.74, 6) is -0.664. The molecule has 0 aliphatic rings. The van der Waals surface area contributed by atoms with E-state index >= 15 is 0 Å². The van der Waals surface area contributed by atoms with Crippen LogP contribution in [0.15, 0.2) is 12.2 Å². The predicted molar refractivity (Wildman–Crippen MR) is 138 cm³/mol. The number of aliphatic hydroxyl groups excluding tert-OH is 7. The topological polar surface area (TPSA) is 179 Å². The van der Waals surface area contributed by atoms with Crippen molar-refractivity contribution in [2.45, 2.75) is 103 Å². The van der Waals surface area contributed by atoms with Gasteiger partial charge in [0.05, 0.1) is 45.1 Å². The Kier molecular flexibility index (Phi) is 34.0. The molecule has 0 bridgehead atoms. The molecular weight excluding hydrogens is 456 g/mol.